The molecule has 2 aromatic rings. The highest BCUT2D eigenvalue weighted by atomic mass is 16.5. The Kier molecular flexibility index (Phi) is 4.92. The minimum atomic E-state index is 0.370. The Bertz CT molecular complexity index is 657. The Labute approximate surface area is 135 Å². The molecule has 0 spiro atoms. The highest BCUT2D eigenvalue weighted by Gasteiger charge is 2.19. The minimum Gasteiger partial charge on any atom is -0.497 e. The summed E-state index contributed by atoms with van der Waals surface area (Å²) < 4.78 is 16.0. The van der Waals surface area contributed by atoms with E-state index >= 15 is 0 Å². The molecule has 0 amide bonds. The number of nitrogens with one attached hydrogen (secondary N) is 1. The van der Waals surface area contributed by atoms with Crippen LogP contribution < -0.4 is 14.8 Å². The van der Waals surface area contributed by atoms with Crippen LogP contribution in [0.4, 0.5) is 5.82 Å². The van der Waals surface area contributed by atoms with Crippen molar-refractivity contribution >= 4 is 5.82 Å². The summed E-state index contributed by atoms with van der Waals surface area (Å²) in [4.78, 5) is 8.65. The van der Waals surface area contributed by atoms with Crippen molar-refractivity contribution in [2.45, 2.75) is 18.9 Å². The predicted octanol–water partition coefficient (Wildman–Crippen LogP) is 2.61. The standard InChI is InChI=1S/C17H21N3O3/c1-21-14-4-3-12(16(7-14)22-2)9-18-17-8-15(19-11-20-17)13-5-6-23-10-13/h3-4,7-8,11,13H,5-6,9-10H2,1-2H3,(H,18,19,20). The van der Waals surface area contributed by atoms with Crippen LogP contribution in [0.1, 0.15) is 23.6 Å². The van der Waals surface area contributed by atoms with Gasteiger partial charge in [0.05, 0.1) is 26.5 Å². The fourth-order valence-electron chi connectivity index (χ4n) is 2.64. The molecule has 1 fully saturated rings. The van der Waals surface area contributed by atoms with Gasteiger partial charge in [-0.1, -0.05) is 0 Å². The van der Waals surface area contributed by atoms with E-state index in [1.807, 2.05) is 24.3 Å². The van der Waals surface area contributed by atoms with Gasteiger partial charge in [-0.2, -0.15) is 0 Å². The topological polar surface area (TPSA) is 65.5 Å². The molecule has 23 heavy (non-hydrogen) atoms. The lowest BCUT2D eigenvalue weighted by Gasteiger charge is -2.13. The monoisotopic (exact) mass is 315 g/mol. The van der Waals surface area contributed by atoms with E-state index < -0.39 is 0 Å². The third-order valence-electron chi connectivity index (χ3n) is 3.99. The number of rotatable bonds is 6. The van der Waals surface area contributed by atoms with Crippen molar-refractivity contribution in [3.8, 4) is 11.5 Å². The number of hydrogen-bond donors (Lipinski definition) is 1. The molecule has 0 radical (unpaired) electrons. The van der Waals surface area contributed by atoms with Crippen LogP contribution in [0.25, 0.3) is 0 Å². The second-order valence-corrected chi connectivity index (χ2v) is 5.42. The highest BCUT2D eigenvalue weighted by molar-refractivity contribution is 5.44. The van der Waals surface area contributed by atoms with E-state index in [0.29, 0.717) is 12.5 Å². The van der Waals surface area contributed by atoms with Gasteiger partial charge in [0.25, 0.3) is 0 Å². The molecule has 1 N–H and O–H groups in total. The molecule has 0 bridgehead atoms. The number of benzene rings is 1. The van der Waals surface area contributed by atoms with Crippen LogP contribution in [0.3, 0.4) is 0 Å². The van der Waals surface area contributed by atoms with Crippen molar-refractivity contribution in [2.24, 2.45) is 0 Å². The Hall–Kier alpha value is -2.34. The first-order valence-electron chi connectivity index (χ1n) is 7.64. The zero-order valence-electron chi connectivity index (χ0n) is 13.4. The van der Waals surface area contributed by atoms with E-state index in [2.05, 4.69) is 15.3 Å². The van der Waals surface area contributed by atoms with Gasteiger partial charge in [0, 0.05) is 36.8 Å². The first-order valence-corrected chi connectivity index (χ1v) is 7.64. The molecule has 2 heterocycles. The third kappa shape index (κ3) is 3.71. The lowest BCUT2D eigenvalue weighted by molar-refractivity contribution is 0.193. The summed E-state index contributed by atoms with van der Waals surface area (Å²) >= 11 is 0. The first-order chi connectivity index (χ1) is 11.3. The quantitative estimate of drug-likeness (QED) is 0.884. The normalized spacial score (nSPS) is 17.0. The molecule has 1 aromatic heterocycles. The smallest absolute Gasteiger partial charge is 0.129 e. The van der Waals surface area contributed by atoms with Crippen molar-refractivity contribution in [3.63, 3.8) is 0 Å². The van der Waals surface area contributed by atoms with Gasteiger partial charge in [-0.15, -0.1) is 0 Å². The molecule has 1 aliphatic rings. The second kappa shape index (κ2) is 7.28. The minimum absolute atomic E-state index is 0.370. The fraction of sp³-hybridized carbons (Fsp3) is 0.412. The van der Waals surface area contributed by atoms with Gasteiger partial charge < -0.3 is 19.5 Å². The summed E-state index contributed by atoms with van der Waals surface area (Å²) in [5.74, 6) is 2.74. The summed E-state index contributed by atoms with van der Waals surface area (Å²) in [7, 11) is 3.29. The van der Waals surface area contributed by atoms with Gasteiger partial charge in [-0.25, -0.2) is 9.97 Å². The third-order valence-corrected chi connectivity index (χ3v) is 3.99. The molecule has 3 rings (SSSR count). The fourth-order valence-corrected chi connectivity index (χ4v) is 2.64. The van der Waals surface area contributed by atoms with Gasteiger partial charge in [-0.05, 0) is 18.6 Å². The number of hydrogen-bond acceptors (Lipinski definition) is 6. The summed E-state index contributed by atoms with van der Waals surface area (Å²) in [6, 6.07) is 7.77. The lowest BCUT2D eigenvalue weighted by atomic mass is 10.1. The molecule has 1 aliphatic heterocycles. The van der Waals surface area contributed by atoms with Crippen molar-refractivity contribution in [2.75, 3.05) is 32.8 Å². The summed E-state index contributed by atoms with van der Waals surface area (Å²) in [5, 5.41) is 3.32. The van der Waals surface area contributed by atoms with Crippen LogP contribution in [0.2, 0.25) is 0 Å². The van der Waals surface area contributed by atoms with Crippen LogP contribution in [-0.2, 0) is 11.3 Å². The predicted molar refractivity (Wildman–Crippen MR) is 87.1 cm³/mol. The van der Waals surface area contributed by atoms with Crippen LogP contribution in [0.15, 0.2) is 30.6 Å². The maximum atomic E-state index is 5.42. The highest BCUT2D eigenvalue weighted by Crippen LogP contribution is 2.26. The molecule has 1 aromatic carbocycles. The Morgan fingerprint density at radius 1 is 1.22 bits per heavy atom. The number of ether oxygens (including phenoxy) is 3. The van der Waals surface area contributed by atoms with Gasteiger partial charge in [0.15, 0.2) is 0 Å². The average molecular weight is 315 g/mol. The summed E-state index contributed by atoms with van der Waals surface area (Å²) in [6.07, 6.45) is 2.62. The molecular weight excluding hydrogens is 294 g/mol. The van der Waals surface area contributed by atoms with E-state index in [1.165, 1.54) is 0 Å². The Morgan fingerprint density at radius 2 is 2.13 bits per heavy atom. The summed E-state index contributed by atoms with van der Waals surface area (Å²) in [6.45, 7) is 2.16. The SMILES string of the molecule is COc1ccc(CNc2cc(C3CCOC3)ncn2)c(OC)c1. The van der Waals surface area contributed by atoms with Crippen molar-refractivity contribution in [1.82, 2.24) is 9.97 Å². The van der Waals surface area contributed by atoms with Gasteiger partial charge in [0.1, 0.15) is 23.6 Å². The van der Waals surface area contributed by atoms with Crippen LogP contribution in [-0.4, -0.2) is 37.4 Å². The average Bonchev–Trinajstić information content (AvgIpc) is 3.14. The van der Waals surface area contributed by atoms with Crippen molar-refractivity contribution in [1.29, 1.82) is 0 Å². The molecule has 6 heteroatoms. The van der Waals surface area contributed by atoms with Gasteiger partial charge in [-0.3, -0.25) is 0 Å². The molecule has 1 atom stereocenters. The molecule has 0 aliphatic carbocycles. The molecule has 0 saturated carbocycles. The van der Waals surface area contributed by atoms with E-state index in [-0.39, 0.29) is 0 Å². The van der Waals surface area contributed by atoms with Crippen LogP contribution in [0, 0.1) is 0 Å². The Morgan fingerprint density at radius 3 is 2.87 bits per heavy atom. The molecule has 6 nitrogen and oxygen atoms in total. The van der Waals surface area contributed by atoms with Crippen molar-refractivity contribution in [3.05, 3.63) is 41.9 Å². The zero-order valence-corrected chi connectivity index (χ0v) is 13.4. The number of methoxy groups -OCH3 is 2. The number of anilines is 1. The van der Waals surface area contributed by atoms with Crippen molar-refractivity contribution < 1.29 is 14.2 Å². The maximum Gasteiger partial charge on any atom is 0.129 e. The number of aromatic nitrogens is 2. The van der Waals surface area contributed by atoms with Crippen LogP contribution in [0.5, 0.6) is 11.5 Å². The lowest BCUT2D eigenvalue weighted by Crippen LogP contribution is -2.06. The molecule has 1 saturated heterocycles. The van der Waals surface area contributed by atoms with Crippen LogP contribution >= 0.6 is 0 Å². The largest absolute Gasteiger partial charge is 0.497 e. The number of nitrogens with zero attached hydrogens (tertiary/aromatic N) is 2. The van der Waals surface area contributed by atoms with Gasteiger partial charge >= 0.3 is 0 Å². The van der Waals surface area contributed by atoms with E-state index in [9.17, 15) is 0 Å². The van der Waals surface area contributed by atoms with E-state index in [0.717, 1.165) is 48.2 Å². The van der Waals surface area contributed by atoms with E-state index in [4.69, 9.17) is 14.2 Å². The summed E-state index contributed by atoms with van der Waals surface area (Å²) in [5.41, 5.74) is 2.07. The van der Waals surface area contributed by atoms with E-state index in [1.54, 1.807) is 20.5 Å². The molecule has 122 valence electrons. The maximum absolute atomic E-state index is 5.42. The first kappa shape index (κ1) is 15.6. The molecular formula is C17H21N3O3. The van der Waals surface area contributed by atoms with Gasteiger partial charge in [0.2, 0.25) is 0 Å². The zero-order chi connectivity index (χ0) is 16.1. The molecule has 1 unspecified atom stereocenters. The Balaban J connectivity index is 1.69. The second-order valence-electron chi connectivity index (χ2n) is 5.42.